The molecule has 0 bridgehead atoms. The van der Waals surface area contributed by atoms with Crippen molar-refractivity contribution in [1.29, 1.82) is 0 Å². The number of hydrogen-bond acceptors (Lipinski definition) is 5. The summed E-state index contributed by atoms with van der Waals surface area (Å²) in [4.78, 5) is 16.7. The van der Waals surface area contributed by atoms with Gasteiger partial charge in [-0.25, -0.2) is 4.98 Å². The van der Waals surface area contributed by atoms with Crippen molar-refractivity contribution in [3.8, 4) is 17.1 Å². The highest BCUT2D eigenvalue weighted by molar-refractivity contribution is 7.18. The molecule has 4 rings (SSSR count). The number of hydrogen-bond donors (Lipinski definition) is 1. The number of carbonyl (C=O) groups is 1. The Morgan fingerprint density at radius 3 is 2.71 bits per heavy atom. The van der Waals surface area contributed by atoms with Gasteiger partial charge in [-0.2, -0.15) is 0 Å². The monoisotopic (exact) mass is 392 g/mol. The lowest BCUT2D eigenvalue weighted by molar-refractivity contribution is -0.121. The molecule has 6 heteroatoms. The lowest BCUT2D eigenvalue weighted by Crippen LogP contribution is -2.22. The molecule has 0 atom stereocenters. The van der Waals surface area contributed by atoms with Gasteiger partial charge in [0.2, 0.25) is 5.91 Å². The number of benzene rings is 2. The number of fused-ring (bicyclic) bond motifs is 1. The normalized spacial score (nSPS) is 10.9. The number of nitrogens with one attached hydrogen (secondary N) is 1. The Balaban J connectivity index is 1.29. The van der Waals surface area contributed by atoms with Crippen LogP contribution in [0, 0.1) is 0 Å². The third-order valence-corrected chi connectivity index (χ3v) is 5.45. The number of carbonyl (C=O) groups excluding carboxylic acids is 1. The van der Waals surface area contributed by atoms with Gasteiger partial charge in [0.05, 0.1) is 23.9 Å². The molecule has 2 heterocycles. The lowest BCUT2D eigenvalue weighted by Gasteiger charge is -2.02. The van der Waals surface area contributed by atoms with Crippen LogP contribution in [0.1, 0.15) is 17.2 Å². The van der Waals surface area contributed by atoms with Crippen LogP contribution in [0.3, 0.4) is 0 Å². The Morgan fingerprint density at radius 2 is 1.93 bits per heavy atom. The first kappa shape index (κ1) is 18.3. The minimum absolute atomic E-state index is 0.0124. The molecule has 1 amide bonds. The van der Waals surface area contributed by atoms with Crippen LogP contribution in [-0.2, 0) is 17.8 Å². The van der Waals surface area contributed by atoms with Gasteiger partial charge >= 0.3 is 0 Å². The molecule has 2 aromatic heterocycles. The maximum atomic E-state index is 12.2. The molecule has 4 aromatic rings. The van der Waals surface area contributed by atoms with Crippen molar-refractivity contribution in [2.45, 2.75) is 19.4 Å². The Labute approximate surface area is 167 Å². The predicted octanol–water partition coefficient (Wildman–Crippen LogP) is 4.81. The van der Waals surface area contributed by atoms with Gasteiger partial charge < -0.3 is 14.5 Å². The molecular formula is C22H20N2O3S. The molecule has 1 N–H and O–H groups in total. The Hall–Kier alpha value is -3.12. The molecular weight excluding hydrogens is 372 g/mol. The summed E-state index contributed by atoms with van der Waals surface area (Å²) in [7, 11) is 1.64. The van der Waals surface area contributed by atoms with E-state index in [-0.39, 0.29) is 5.91 Å². The van der Waals surface area contributed by atoms with Crippen molar-refractivity contribution < 1.29 is 13.9 Å². The summed E-state index contributed by atoms with van der Waals surface area (Å²) < 4.78 is 12.2. The molecule has 0 unspecified atom stereocenters. The van der Waals surface area contributed by atoms with Gasteiger partial charge in [0.15, 0.2) is 0 Å². The van der Waals surface area contributed by atoms with E-state index in [1.807, 2.05) is 60.7 Å². The van der Waals surface area contributed by atoms with Crippen molar-refractivity contribution in [2.24, 2.45) is 0 Å². The second-order valence-corrected chi connectivity index (χ2v) is 7.46. The molecule has 0 saturated heterocycles. The zero-order chi connectivity index (χ0) is 19.3. The van der Waals surface area contributed by atoms with Gasteiger partial charge in [-0.1, -0.05) is 12.1 Å². The van der Waals surface area contributed by atoms with Crippen LogP contribution in [0.4, 0.5) is 0 Å². The molecule has 2 aromatic carbocycles. The van der Waals surface area contributed by atoms with E-state index < -0.39 is 0 Å². The average molecular weight is 392 g/mol. The minimum Gasteiger partial charge on any atom is -0.497 e. The Bertz CT molecular complexity index is 1050. The Kier molecular flexibility index (Phi) is 5.39. The van der Waals surface area contributed by atoms with Crippen molar-refractivity contribution in [3.05, 3.63) is 71.4 Å². The molecule has 5 nitrogen and oxygen atoms in total. The van der Waals surface area contributed by atoms with Crippen LogP contribution in [0.5, 0.6) is 5.75 Å². The summed E-state index contributed by atoms with van der Waals surface area (Å²) in [6, 6.07) is 19.5. The SMILES string of the molecule is COc1ccc(-c2ccc(CCC(=O)NCc3nc4ccccc4s3)o2)cc1. The topological polar surface area (TPSA) is 64.4 Å². The first-order chi connectivity index (χ1) is 13.7. The number of thiazole rings is 1. The highest BCUT2D eigenvalue weighted by Gasteiger charge is 2.09. The van der Waals surface area contributed by atoms with Gasteiger partial charge in [0.25, 0.3) is 0 Å². The molecule has 0 aliphatic rings. The lowest BCUT2D eigenvalue weighted by atomic mass is 10.2. The average Bonchev–Trinajstić information content (AvgIpc) is 3.37. The van der Waals surface area contributed by atoms with Crippen LogP contribution in [0.2, 0.25) is 0 Å². The Morgan fingerprint density at radius 1 is 1.11 bits per heavy atom. The van der Waals surface area contributed by atoms with Crippen LogP contribution < -0.4 is 10.1 Å². The maximum Gasteiger partial charge on any atom is 0.220 e. The number of rotatable bonds is 7. The first-order valence-corrected chi connectivity index (χ1v) is 9.87. The summed E-state index contributed by atoms with van der Waals surface area (Å²) in [5.41, 5.74) is 1.95. The number of aromatic nitrogens is 1. The van der Waals surface area contributed by atoms with Crippen molar-refractivity contribution >= 4 is 27.5 Å². The molecule has 0 spiro atoms. The first-order valence-electron chi connectivity index (χ1n) is 9.05. The number of nitrogens with zero attached hydrogens (tertiary/aromatic N) is 1. The fourth-order valence-electron chi connectivity index (χ4n) is 2.92. The molecule has 0 aliphatic carbocycles. The van der Waals surface area contributed by atoms with E-state index in [9.17, 15) is 4.79 Å². The van der Waals surface area contributed by atoms with E-state index in [1.54, 1.807) is 18.4 Å². The summed E-state index contributed by atoms with van der Waals surface area (Å²) in [5, 5.41) is 3.85. The standard InChI is InChI=1S/C22H20N2O3S/c1-26-16-8-6-15(7-9-16)19-12-10-17(27-19)11-13-21(25)23-14-22-24-18-4-2-3-5-20(18)28-22/h2-10,12H,11,13-14H2,1H3,(H,23,25). The van der Waals surface area contributed by atoms with E-state index in [0.29, 0.717) is 19.4 Å². The number of methoxy groups -OCH3 is 1. The predicted molar refractivity (Wildman–Crippen MR) is 110 cm³/mol. The van der Waals surface area contributed by atoms with Crippen LogP contribution in [0.25, 0.3) is 21.5 Å². The van der Waals surface area contributed by atoms with Crippen molar-refractivity contribution in [3.63, 3.8) is 0 Å². The third kappa shape index (κ3) is 4.23. The van der Waals surface area contributed by atoms with E-state index in [2.05, 4.69) is 10.3 Å². The molecule has 0 radical (unpaired) electrons. The zero-order valence-corrected chi connectivity index (χ0v) is 16.3. The molecule has 142 valence electrons. The van der Waals surface area contributed by atoms with Gasteiger partial charge in [-0.3, -0.25) is 4.79 Å². The largest absolute Gasteiger partial charge is 0.497 e. The van der Waals surface area contributed by atoms with Crippen LogP contribution >= 0.6 is 11.3 Å². The maximum absolute atomic E-state index is 12.2. The van der Waals surface area contributed by atoms with E-state index in [4.69, 9.17) is 9.15 Å². The fraction of sp³-hybridized carbons (Fsp3) is 0.182. The van der Waals surface area contributed by atoms with Crippen molar-refractivity contribution in [2.75, 3.05) is 7.11 Å². The van der Waals surface area contributed by atoms with E-state index >= 15 is 0 Å². The fourth-order valence-corrected chi connectivity index (χ4v) is 3.82. The van der Waals surface area contributed by atoms with Gasteiger partial charge in [0, 0.05) is 18.4 Å². The molecule has 0 fully saturated rings. The number of amides is 1. The van der Waals surface area contributed by atoms with Crippen LogP contribution in [-0.4, -0.2) is 18.0 Å². The number of furan rings is 1. The van der Waals surface area contributed by atoms with E-state index in [0.717, 1.165) is 38.1 Å². The third-order valence-electron chi connectivity index (χ3n) is 4.41. The van der Waals surface area contributed by atoms with Gasteiger partial charge in [0.1, 0.15) is 22.3 Å². The number of para-hydroxylation sites is 1. The van der Waals surface area contributed by atoms with Gasteiger partial charge in [-0.05, 0) is 48.5 Å². The smallest absolute Gasteiger partial charge is 0.220 e. The number of aryl methyl sites for hydroxylation is 1. The van der Waals surface area contributed by atoms with Crippen LogP contribution in [0.15, 0.2) is 65.1 Å². The highest BCUT2D eigenvalue weighted by atomic mass is 32.1. The number of ether oxygens (including phenoxy) is 1. The molecule has 0 saturated carbocycles. The minimum atomic E-state index is -0.0124. The summed E-state index contributed by atoms with van der Waals surface area (Å²) in [5.74, 6) is 2.37. The summed E-state index contributed by atoms with van der Waals surface area (Å²) in [6.45, 7) is 0.452. The zero-order valence-electron chi connectivity index (χ0n) is 15.5. The second-order valence-electron chi connectivity index (χ2n) is 6.35. The quantitative estimate of drug-likeness (QED) is 0.490. The van der Waals surface area contributed by atoms with Gasteiger partial charge in [-0.15, -0.1) is 11.3 Å². The molecule has 0 aliphatic heterocycles. The summed E-state index contributed by atoms with van der Waals surface area (Å²) in [6.07, 6.45) is 0.933. The van der Waals surface area contributed by atoms with E-state index in [1.165, 1.54) is 0 Å². The summed E-state index contributed by atoms with van der Waals surface area (Å²) >= 11 is 1.60. The van der Waals surface area contributed by atoms with Crippen molar-refractivity contribution in [1.82, 2.24) is 10.3 Å². The second kappa shape index (κ2) is 8.27. The highest BCUT2D eigenvalue weighted by Crippen LogP contribution is 2.25. The molecule has 28 heavy (non-hydrogen) atoms.